The van der Waals surface area contributed by atoms with Gasteiger partial charge in [0.1, 0.15) is 12.1 Å². The van der Waals surface area contributed by atoms with Gasteiger partial charge < -0.3 is 25.6 Å². The summed E-state index contributed by atoms with van der Waals surface area (Å²) in [4.78, 5) is 53.7. The molecule has 1 aromatic rings. The largest absolute Gasteiger partial charge is 0.461 e. The molecule has 0 unspecified atom stereocenters. The summed E-state index contributed by atoms with van der Waals surface area (Å²) >= 11 is 6.14. The minimum atomic E-state index is -3.21. The van der Waals surface area contributed by atoms with E-state index in [9.17, 15) is 23.6 Å². The molecule has 242 valence electrons. The van der Waals surface area contributed by atoms with Gasteiger partial charge in [0.2, 0.25) is 23.5 Å². The second kappa shape index (κ2) is 14.2. The van der Waals surface area contributed by atoms with E-state index in [4.69, 9.17) is 16.3 Å². The zero-order valence-electron chi connectivity index (χ0n) is 25.1. The van der Waals surface area contributed by atoms with E-state index in [0.717, 1.165) is 6.08 Å². The van der Waals surface area contributed by atoms with E-state index in [1.54, 1.807) is 24.3 Å². The predicted molar refractivity (Wildman–Crippen MR) is 159 cm³/mol. The molecule has 1 aromatic carbocycles. The first kappa shape index (κ1) is 33.6. The van der Waals surface area contributed by atoms with Crippen LogP contribution >= 0.6 is 11.6 Å². The number of amides is 3. The van der Waals surface area contributed by atoms with Crippen molar-refractivity contribution in [2.75, 3.05) is 18.5 Å². The Morgan fingerprint density at radius 3 is 2.59 bits per heavy atom. The fourth-order valence-corrected chi connectivity index (χ4v) is 6.72. The number of hydrogen-bond acceptors (Lipinski definition) is 6. The Kier molecular flexibility index (Phi) is 10.9. The van der Waals surface area contributed by atoms with Crippen molar-refractivity contribution in [3.63, 3.8) is 0 Å². The van der Waals surface area contributed by atoms with Gasteiger partial charge in [-0.1, -0.05) is 31.5 Å². The highest BCUT2D eigenvalue weighted by atomic mass is 35.5. The van der Waals surface area contributed by atoms with Crippen LogP contribution in [0.5, 0.6) is 0 Å². The van der Waals surface area contributed by atoms with Gasteiger partial charge in [0.15, 0.2) is 0 Å². The molecule has 3 heterocycles. The lowest BCUT2D eigenvalue weighted by atomic mass is 9.71. The first-order chi connectivity index (χ1) is 20.8. The average molecular weight is 641 g/mol. The summed E-state index contributed by atoms with van der Waals surface area (Å²) in [6.45, 7) is 5.67. The number of benzene rings is 1. The van der Waals surface area contributed by atoms with Crippen molar-refractivity contribution in [2.24, 2.45) is 17.8 Å². The van der Waals surface area contributed by atoms with E-state index in [1.807, 2.05) is 13.8 Å². The maximum Gasteiger partial charge on any atom is 0.366 e. The molecule has 5 rings (SSSR count). The van der Waals surface area contributed by atoms with Crippen LogP contribution in [-0.4, -0.2) is 71.8 Å². The number of hydrogen-bond donors (Lipinski definition) is 3. The molecule has 9 nitrogen and oxygen atoms in total. The molecule has 2 bridgehead atoms. The molecule has 44 heavy (non-hydrogen) atoms. The molecular weight excluding hydrogens is 601 g/mol. The second-order valence-electron chi connectivity index (χ2n) is 12.2. The van der Waals surface area contributed by atoms with Crippen LogP contribution in [0.25, 0.3) is 0 Å². The fraction of sp³-hybridized carbons (Fsp3) is 0.613. The van der Waals surface area contributed by atoms with Crippen LogP contribution in [0.2, 0.25) is 5.02 Å². The van der Waals surface area contributed by atoms with Gasteiger partial charge in [-0.05, 0) is 69.2 Å². The Balaban J connectivity index is 1.65. The van der Waals surface area contributed by atoms with Gasteiger partial charge in [0.05, 0.1) is 18.6 Å². The average Bonchev–Trinajstić information content (AvgIpc) is 3.35. The highest BCUT2D eigenvalue weighted by molar-refractivity contribution is 6.30. The number of nitrogens with zero attached hydrogens (tertiary/aromatic N) is 1. The molecule has 13 heteroatoms. The fourth-order valence-electron chi connectivity index (χ4n) is 6.53. The summed E-state index contributed by atoms with van der Waals surface area (Å²) in [6, 6.07) is 2.33. The van der Waals surface area contributed by atoms with Crippen LogP contribution in [-0.2, 0) is 23.9 Å². The van der Waals surface area contributed by atoms with Crippen LogP contribution in [0.4, 0.5) is 18.9 Å². The van der Waals surface area contributed by atoms with E-state index in [0.29, 0.717) is 36.5 Å². The van der Waals surface area contributed by atoms with E-state index < -0.39 is 72.0 Å². The van der Waals surface area contributed by atoms with Crippen molar-refractivity contribution in [2.45, 2.75) is 89.4 Å². The number of piperidine rings is 2. The SMILES string of the molecule is CCOC(=O)/C(F)=C\[C@@H](C[C@H]1CCNC1=O)NC(=O)[C@H]1[C@@H]2CC[C@@H](CC2(F)F)N1C(=O)[C@H](CC(C)C)Nc1cccc(Cl)c1. The van der Waals surface area contributed by atoms with Crippen molar-refractivity contribution in [3.8, 4) is 0 Å². The topological polar surface area (TPSA) is 117 Å². The monoisotopic (exact) mass is 640 g/mol. The summed E-state index contributed by atoms with van der Waals surface area (Å²) in [5.74, 6) is -9.42. The van der Waals surface area contributed by atoms with Crippen LogP contribution in [0, 0.1) is 17.8 Å². The summed E-state index contributed by atoms with van der Waals surface area (Å²) in [6.07, 6.45) is 1.32. The molecule has 3 amide bonds. The molecule has 3 aliphatic heterocycles. The Labute approximate surface area is 260 Å². The van der Waals surface area contributed by atoms with Gasteiger partial charge in [-0.3, -0.25) is 14.4 Å². The van der Waals surface area contributed by atoms with Crippen molar-refractivity contribution >= 4 is 41.0 Å². The number of carbonyl (C=O) groups excluding carboxylic acids is 4. The summed E-state index contributed by atoms with van der Waals surface area (Å²) in [5.41, 5.74) is 0.569. The lowest BCUT2D eigenvalue weighted by Crippen LogP contribution is -2.70. The molecular formula is C31H40ClF3N4O5. The molecule has 3 saturated heterocycles. The van der Waals surface area contributed by atoms with Gasteiger partial charge in [-0.2, -0.15) is 4.39 Å². The Morgan fingerprint density at radius 2 is 1.98 bits per heavy atom. The molecule has 6 atom stereocenters. The molecule has 4 fully saturated rings. The first-order valence-electron chi connectivity index (χ1n) is 15.1. The second-order valence-corrected chi connectivity index (χ2v) is 12.6. The van der Waals surface area contributed by atoms with Gasteiger partial charge >= 0.3 is 5.97 Å². The lowest BCUT2D eigenvalue weighted by Gasteiger charge is -2.54. The number of esters is 1. The number of ether oxygens (including phenoxy) is 1. The first-order valence-corrected chi connectivity index (χ1v) is 15.5. The standard InChI is InChI=1S/C31H40ClF3N4O5/c1-4-44-30(43)24(33)15-21(13-18-10-11-36-27(18)40)38-28(41)26-23-9-8-22(16-31(23,34)35)39(26)29(42)25(12-17(2)3)37-20-7-5-6-19(32)14-20/h5-7,14-15,17-18,21-23,25-26,37H,4,8-13,16H2,1-3H3,(H,36,40)(H,38,41)/b24-15+/t18-,21-,22+,23+,25+,26-/m1/s1. The van der Waals surface area contributed by atoms with Crippen LogP contribution in [0.1, 0.15) is 59.3 Å². The van der Waals surface area contributed by atoms with Crippen molar-refractivity contribution in [1.29, 1.82) is 0 Å². The van der Waals surface area contributed by atoms with Crippen LogP contribution < -0.4 is 16.0 Å². The smallest absolute Gasteiger partial charge is 0.366 e. The number of halogens is 4. The minimum Gasteiger partial charge on any atom is -0.461 e. The number of alkyl halides is 2. The highest BCUT2D eigenvalue weighted by Crippen LogP contribution is 2.49. The summed E-state index contributed by atoms with van der Waals surface area (Å²) in [5, 5.41) is 8.90. The molecule has 1 saturated carbocycles. The molecule has 1 aliphatic carbocycles. The van der Waals surface area contributed by atoms with Crippen LogP contribution in [0.3, 0.4) is 0 Å². The van der Waals surface area contributed by atoms with Gasteiger partial charge in [-0.15, -0.1) is 0 Å². The highest BCUT2D eigenvalue weighted by Gasteiger charge is 2.61. The maximum absolute atomic E-state index is 15.3. The van der Waals surface area contributed by atoms with Gasteiger partial charge in [0.25, 0.3) is 5.92 Å². The summed E-state index contributed by atoms with van der Waals surface area (Å²) < 4.78 is 50.1. The van der Waals surface area contributed by atoms with E-state index in [-0.39, 0.29) is 31.3 Å². The number of rotatable bonds is 12. The number of nitrogens with one attached hydrogen (secondary N) is 3. The quantitative estimate of drug-likeness (QED) is 0.227. The van der Waals surface area contributed by atoms with E-state index >= 15 is 8.78 Å². The summed E-state index contributed by atoms with van der Waals surface area (Å²) in [7, 11) is 0. The van der Waals surface area contributed by atoms with Gasteiger partial charge in [0, 0.05) is 35.6 Å². The van der Waals surface area contributed by atoms with E-state index in [2.05, 4.69) is 16.0 Å². The Morgan fingerprint density at radius 1 is 1.23 bits per heavy atom. The van der Waals surface area contributed by atoms with Crippen molar-refractivity contribution in [1.82, 2.24) is 15.5 Å². The zero-order valence-corrected chi connectivity index (χ0v) is 25.8. The minimum absolute atomic E-state index is 0.0266. The number of carbonyl (C=O) groups is 4. The number of fused-ring (bicyclic) bond motifs is 3. The van der Waals surface area contributed by atoms with Crippen LogP contribution in [0.15, 0.2) is 36.2 Å². The third-order valence-corrected chi connectivity index (χ3v) is 8.71. The van der Waals surface area contributed by atoms with Crippen molar-refractivity contribution < 1.29 is 37.1 Å². The third kappa shape index (κ3) is 7.86. The maximum atomic E-state index is 15.3. The van der Waals surface area contributed by atoms with Gasteiger partial charge in [-0.25, -0.2) is 13.6 Å². The predicted octanol–water partition coefficient (Wildman–Crippen LogP) is 4.61. The third-order valence-electron chi connectivity index (χ3n) is 8.48. The molecule has 4 aliphatic rings. The number of anilines is 1. The normalized spacial score (nSPS) is 25.8. The lowest BCUT2D eigenvalue weighted by molar-refractivity contribution is -0.194. The Bertz CT molecular complexity index is 1280. The molecule has 3 N–H and O–H groups in total. The zero-order chi connectivity index (χ0) is 32.2. The Hall–Kier alpha value is -3.28. The molecule has 0 radical (unpaired) electrons. The van der Waals surface area contributed by atoms with E-state index in [1.165, 1.54) is 11.8 Å². The molecule has 0 spiro atoms. The molecule has 0 aromatic heterocycles. The van der Waals surface area contributed by atoms with Crippen molar-refractivity contribution in [3.05, 3.63) is 41.2 Å².